The van der Waals surface area contributed by atoms with E-state index in [0.717, 1.165) is 25.1 Å². The molecular formula is C16H20ClN3O2. The van der Waals surface area contributed by atoms with Crippen LogP contribution in [0.2, 0.25) is 5.02 Å². The molecule has 6 heteroatoms. The maximum absolute atomic E-state index is 9.43. The van der Waals surface area contributed by atoms with Crippen LogP contribution in [0.3, 0.4) is 0 Å². The first-order valence-corrected chi connectivity index (χ1v) is 8.07. The zero-order chi connectivity index (χ0) is 15.4. The molecule has 5 nitrogen and oxygen atoms in total. The van der Waals surface area contributed by atoms with Gasteiger partial charge >= 0.3 is 0 Å². The van der Waals surface area contributed by atoms with Crippen molar-refractivity contribution in [2.45, 2.75) is 31.7 Å². The number of halogens is 1. The SMILES string of the molecule is OCC1CCCCN1CCc1nc(-c2ccc(Cl)cc2)no1. The second-order valence-corrected chi connectivity index (χ2v) is 6.07. The van der Waals surface area contributed by atoms with Gasteiger partial charge in [0.1, 0.15) is 0 Å². The van der Waals surface area contributed by atoms with Crippen molar-refractivity contribution in [3.05, 3.63) is 35.2 Å². The Labute approximate surface area is 134 Å². The summed E-state index contributed by atoms with van der Waals surface area (Å²) in [7, 11) is 0. The molecule has 118 valence electrons. The van der Waals surface area contributed by atoms with Crippen molar-refractivity contribution in [1.82, 2.24) is 15.0 Å². The number of aliphatic hydroxyl groups is 1. The lowest BCUT2D eigenvalue weighted by atomic mass is 10.0. The molecule has 22 heavy (non-hydrogen) atoms. The van der Waals surface area contributed by atoms with Crippen LogP contribution in [0.4, 0.5) is 0 Å². The molecule has 0 amide bonds. The molecule has 3 rings (SSSR count). The number of rotatable bonds is 5. The maximum atomic E-state index is 9.43. The average Bonchev–Trinajstić information content (AvgIpc) is 3.03. The Morgan fingerprint density at radius 1 is 1.27 bits per heavy atom. The van der Waals surface area contributed by atoms with E-state index >= 15 is 0 Å². The lowest BCUT2D eigenvalue weighted by Crippen LogP contribution is -2.42. The number of hydrogen-bond acceptors (Lipinski definition) is 5. The van der Waals surface area contributed by atoms with Crippen molar-refractivity contribution in [3.63, 3.8) is 0 Å². The van der Waals surface area contributed by atoms with Gasteiger partial charge < -0.3 is 9.63 Å². The van der Waals surface area contributed by atoms with E-state index in [1.54, 1.807) is 0 Å². The predicted octanol–water partition coefficient (Wildman–Crippen LogP) is 2.78. The summed E-state index contributed by atoms with van der Waals surface area (Å²) in [5.41, 5.74) is 0.894. The van der Waals surface area contributed by atoms with Gasteiger partial charge in [0.05, 0.1) is 6.61 Å². The Kier molecular flexibility index (Phi) is 5.08. The molecule has 1 aliphatic rings. The second kappa shape index (κ2) is 7.22. The highest BCUT2D eigenvalue weighted by Gasteiger charge is 2.22. The number of aromatic nitrogens is 2. The number of piperidine rings is 1. The van der Waals surface area contributed by atoms with Crippen molar-refractivity contribution in [2.75, 3.05) is 19.7 Å². The van der Waals surface area contributed by atoms with Gasteiger partial charge in [0.25, 0.3) is 0 Å². The first-order valence-electron chi connectivity index (χ1n) is 7.69. The van der Waals surface area contributed by atoms with E-state index in [2.05, 4.69) is 15.0 Å². The third-order valence-electron chi connectivity index (χ3n) is 4.14. The van der Waals surface area contributed by atoms with E-state index in [1.807, 2.05) is 24.3 Å². The summed E-state index contributed by atoms with van der Waals surface area (Å²) in [5, 5.41) is 14.1. The van der Waals surface area contributed by atoms with Crippen molar-refractivity contribution in [1.29, 1.82) is 0 Å². The summed E-state index contributed by atoms with van der Waals surface area (Å²) >= 11 is 5.88. The fraction of sp³-hybridized carbons (Fsp3) is 0.500. The largest absolute Gasteiger partial charge is 0.395 e. The molecule has 1 fully saturated rings. The average molecular weight is 322 g/mol. The third-order valence-corrected chi connectivity index (χ3v) is 4.40. The van der Waals surface area contributed by atoms with Crippen LogP contribution >= 0.6 is 11.6 Å². The summed E-state index contributed by atoms with van der Waals surface area (Å²) in [6.07, 6.45) is 4.16. The zero-order valence-electron chi connectivity index (χ0n) is 12.4. The molecule has 1 aliphatic heterocycles. The molecule has 0 spiro atoms. The smallest absolute Gasteiger partial charge is 0.228 e. The van der Waals surface area contributed by atoms with Gasteiger partial charge in [-0.25, -0.2) is 0 Å². The molecule has 1 aromatic carbocycles. The Morgan fingerprint density at radius 2 is 2.09 bits per heavy atom. The van der Waals surface area contributed by atoms with Crippen LogP contribution < -0.4 is 0 Å². The van der Waals surface area contributed by atoms with Gasteiger partial charge in [-0.15, -0.1) is 0 Å². The lowest BCUT2D eigenvalue weighted by Gasteiger charge is -2.34. The van der Waals surface area contributed by atoms with Gasteiger partial charge in [0, 0.05) is 29.6 Å². The molecule has 1 aromatic heterocycles. The Bertz CT molecular complexity index is 600. The number of benzene rings is 1. The quantitative estimate of drug-likeness (QED) is 0.917. The van der Waals surface area contributed by atoms with E-state index in [-0.39, 0.29) is 12.6 Å². The van der Waals surface area contributed by atoms with Gasteiger partial charge in [0.2, 0.25) is 11.7 Å². The second-order valence-electron chi connectivity index (χ2n) is 5.64. The van der Waals surface area contributed by atoms with E-state index in [1.165, 1.54) is 12.8 Å². The van der Waals surface area contributed by atoms with Crippen molar-refractivity contribution < 1.29 is 9.63 Å². The molecule has 1 atom stereocenters. The molecule has 2 aromatic rings. The summed E-state index contributed by atoms with van der Waals surface area (Å²) < 4.78 is 5.33. The monoisotopic (exact) mass is 321 g/mol. The van der Waals surface area contributed by atoms with E-state index < -0.39 is 0 Å². The Hall–Kier alpha value is -1.43. The summed E-state index contributed by atoms with van der Waals surface area (Å²) in [6.45, 7) is 2.09. The van der Waals surface area contributed by atoms with E-state index in [0.29, 0.717) is 23.2 Å². The summed E-state index contributed by atoms with van der Waals surface area (Å²) in [6, 6.07) is 7.65. The van der Waals surface area contributed by atoms with E-state index in [9.17, 15) is 5.11 Å². The minimum atomic E-state index is 0.222. The van der Waals surface area contributed by atoms with Crippen LogP contribution in [0, 0.1) is 0 Å². The van der Waals surface area contributed by atoms with Gasteiger partial charge in [-0.3, -0.25) is 4.90 Å². The molecule has 0 aliphatic carbocycles. The maximum Gasteiger partial charge on any atom is 0.228 e. The molecule has 0 radical (unpaired) electrons. The zero-order valence-corrected chi connectivity index (χ0v) is 13.2. The molecule has 0 bridgehead atoms. The topological polar surface area (TPSA) is 62.4 Å². The molecule has 1 unspecified atom stereocenters. The fourth-order valence-corrected chi connectivity index (χ4v) is 3.00. The van der Waals surface area contributed by atoms with Crippen LogP contribution in [0.1, 0.15) is 25.2 Å². The van der Waals surface area contributed by atoms with Crippen molar-refractivity contribution >= 4 is 11.6 Å². The van der Waals surface area contributed by atoms with Gasteiger partial charge in [-0.2, -0.15) is 4.98 Å². The molecular weight excluding hydrogens is 302 g/mol. The van der Waals surface area contributed by atoms with Gasteiger partial charge in [0.15, 0.2) is 0 Å². The molecule has 1 saturated heterocycles. The van der Waals surface area contributed by atoms with Crippen molar-refractivity contribution in [2.24, 2.45) is 0 Å². The minimum Gasteiger partial charge on any atom is -0.395 e. The number of nitrogens with zero attached hydrogens (tertiary/aromatic N) is 3. The highest BCUT2D eigenvalue weighted by molar-refractivity contribution is 6.30. The molecule has 0 saturated carbocycles. The van der Waals surface area contributed by atoms with Crippen molar-refractivity contribution in [3.8, 4) is 11.4 Å². The van der Waals surface area contributed by atoms with Crippen LogP contribution in [-0.4, -0.2) is 45.9 Å². The Morgan fingerprint density at radius 3 is 2.86 bits per heavy atom. The number of hydrogen-bond donors (Lipinski definition) is 1. The van der Waals surface area contributed by atoms with Gasteiger partial charge in [-0.05, 0) is 43.7 Å². The Balaban J connectivity index is 1.60. The van der Waals surface area contributed by atoms with Crippen LogP contribution in [0.25, 0.3) is 11.4 Å². The fourth-order valence-electron chi connectivity index (χ4n) is 2.87. The lowest BCUT2D eigenvalue weighted by molar-refractivity contribution is 0.0893. The molecule has 1 N–H and O–H groups in total. The highest BCUT2D eigenvalue weighted by Crippen LogP contribution is 2.20. The molecule has 2 heterocycles. The van der Waals surface area contributed by atoms with Crippen LogP contribution in [-0.2, 0) is 6.42 Å². The third kappa shape index (κ3) is 3.66. The summed E-state index contributed by atoms with van der Waals surface area (Å²) in [4.78, 5) is 6.75. The standard InChI is InChI=1S/C16H20ClN3O2/c17-13-6-4-12(5-7-13)16-18-15(22-19-16)8-10-20-9-2-1-3-14(20)11-21/h4-7,14,21H,1-3,8-11H2. The van der Waals surface area contributed by atoms with Crippen LogP contribution in [0.5, 0.6) is 0 Å². The van der Waals surface area contributed by atoms with E-state index in [4.69, 9.17) is 16.1 Å². The minimum absolute atomic E-state index is 0.222. The predicted molar refractivity (Wildman–Crippen MR) is 84.7 cm³/mol. The number of aliphatic hydroxyl groups excluding tert-OH is 1. The first kappa shape index (κ1) is 15.5. The highest BCUT2D eigenvalue weighted by atomic mass is 35.5. The summed E-state index contributed by atoms with van der Waals surface area (Å²) in [5.74, 6) is 1.22. The number of likely N-dealkylation sites (tertiary alicyclic amines) is 1. The first-order chi connectivity index (χ1) is 10.8. The normalized spacial score (nSPS) is 19.5. The van der Waals surface area contributed by atoms with Crippen LogP contribution in [0.15, 0.2) is 28.8 Å². The van der Waals surface area contributed by atoms with Gasteiger partial charge in [-0.1, -0.05) is 23.2 Å².